The van der Waals surface area contributed by atoms with Crippen molar-refractivity contribution in [3.05, 3.63) is 35.5 Å². The third kappa shape index (κ3) is 3.64. The highest BCUT2D eigenvalue weighted by molar-refractivity contribution is 5.96. The number of nitrogens with one attached hydrogen (secondary N) is 1. The molecule has 2 aromatic rings. The first kappa shape index (κ1) is 16.9. The zero-order chi connectivity index (χ0) is 17.0. The van der Waals surface area contributed by atoms with E-state index in [9.17, 15) is 4.79 Å². The van der Waals surface area contributed by atoms with Gasteiger partial charge >= 0.3 is 0 Å². The molecule has 1 atom stereocenters. The summed E-state index contributed by atoms with van der Waals surface area (Å²) in [5, 5.41) is 7.12. The molecule has 1 amide bonds. The number of carbonyl (C=O) groups is 1. The van der Waals surface area contributed by atoms with E-state index in [1.807, 2.05) is 45.0 Å². The Morgan fingerprint density at radius 2 is 2.04 bits per heavy atom. The molecular weight excluding hydrogens is 294 g/mol. The summed E-state index contributed by atoms with van der Waals surface area (Å²) in [4.78, 5) is 12.6. The number of aryl methyl sites for hydroxylation is 3. The molecule has 1 heterocycles. The first-order valence-electron chi connectivity index (χ1n) is 7.58. The van der Waals surface area contributed by atoms with Crippen LogP contribution in [0, 0.1) is 13.8 Å². The van der Waals surface area contributed by atoms with Gasteiger partial charge in [-0.25, -0.2) is 4.68 Å². The fourth-order valence-corrected chi connectivity index (χ4v) is 2.38. The van der Waals surface area contributed by atoms with Crippen LogP contribution in [0.2, 0.25) is 0 Å². The second kappa shape index (κ2) is 7.17. The number of rotatable bonds is 6. The highest BCUT2D eigenvalue weighted by atomic mass is 16.5. The molecule has 0 spiro atoms. The van der Waals surface area contributed by atoms with Crippen molar-refractivity contribution >= 4 is 11.6 Å². The number of hydrogen-bond donors (Lipinski definition) is 1. The Kier molecular flexibility index (Phi) is 5.26. The minimum atomic E-state index is -0.583. The van der Waals surface area contributed by atoms with Crippen molar-refractivity contribution in [1.82, 2.24) is 9.78 Å². The number of benzene rings is 1. The molecule has 0 saturated carbocycles. The van der Waals surface area contributed by atoms with Gasteiger partial charge in [-0.3, -0.25) is 4.79 Å². The lowest BCUT2D eigenvalue weighted by Gasteiger charge is -2.18. The molecule has 6 heteroatoms. The van der Waals surface area contributed by atoms with E-state index < -0.39 is 6.10 Å². The van der Waals surface area contributed by atoms with Gasteiger partial charge in [-0.05, 0) is 31.9 Å². The smallest absolute Gasteiger partial charge is 0.265 e. The maximum absolute atomic E-state index is 12.6. The number of carbonyl (C=O) groups excluding carboxylic acids is 1. The highest BCUT2D eigenvalue weighted by Crippen LogP contribution is 2.27. The predicted octanol–water partition coefficient (Wildman–Crippen LogP) is 2.84. The number of nitrogens with zero attached hydrogens (tertiary/aromatic N) is 2. The normalized spacial score (nSPS) is 11.9. The Morgan fingerprint density at radius 1 is 1.35 bits per heavy atom. The average Bonchev–Trinajstić information content (AvgIpc) is 2.79. The molecule has 0 radical (unpaired) electrons. The number of hydrogen-bond acceptors (Lipinski definition) is 4. The monoisotopic (exact) mass is 317 g/mol. The van der Waals surface area contributed by atoms with Gasteiger partial charge in [0.2, 0.25) is 5.88 Å². The minimum absolute atomic E-state index is 0.217. The van der Waals surface area contributed by atoms with Crippen molar-refractivity contribution < 1.29 is 14.3 Å². The number of para-hydroxylation sites is 1. The zero-order valence-electron chi connectivity index (χ0n) is 14.2. The van der Waals surface area contributed by atoms with Crippen molar-refractivity contribution in [1.29, 1.82) is 0 Å². The number of anilines is 1. The molecule has 1 aromatic heterocycles. The number of amides is 1. The molecule has 0 saturated heterocycles. The summed E-state index contributed by atoms with van der Waals surface area (Å²) in [6, 6.07) is 7.64. The zero-order valence-corrected chi connectivity index (χ0v) is 14.2. The second-order valence-corrected chi connectivity index (χ2v) is 5.36. The number of methoxy groups -OCH3 is 1. The molecular formula is C17H23N3O3. The molecule has 0 aliphatic rings. The van der Waals surface area contributed by atoms with Crippen LogP contribution in [0.15, 0.2) is 24.3 Å². The molecule has 0 bridgehead atoms. The quantitative estimate of drug-likeness (QED) is 0.890. The predicted molar refractivity (Wildman–Crippen MR) is 89.0 cm³/mol. The summed E-state index contributed by atoms with van der Waals surface area (Å²) in [5.41, 5.74) is 2.27. The number of aromatic nitrogens is 2. The molecule has 1 aromatic carbocycles. The van der Waals surface area contributed by atoms with Gasteiger partial charge in [0.05, 0.1) is 12.8 Å². The Balaban J connectivity index is 2.17. The third-order valence-corrected chi connectivity index (χ3v) is 3.64. The van der Waals surface area contributed by atoms with Crippen LogP contribution in [0.5, 0.6) is 11.6 Å². The lowest BCUT2D eigenvalue weighted by Crippen LogP contribution is -2.32. The molecule has 0 aliphatic heterocycles. The summed E-state index contributed by atoms with van der Waals surface area (Å²) >= 11 is 0. The van der Waals surface area contributed by atoms with Crippen LogP contribution < -0.4 is 14.8 Å². The van der Waals surface area contributed by atoms with Crippen LogP contribution in [0.3, 0.4) is 0 Å². The van der Waals surface area contributed by atoms with Crippen molar-refractivity contribution in [3.63, 3.8) is 0 Å². The van der Waals surface area contributed by atoms with Gasteiger partial charge in [-0.15, -0.1) is 0 Å². The average molecular weight is 317 g/mol. The Labute approximate surface area is 136 Å². The van der Waals surface area contributed by atoms with E-state index in [-0.39, 0.29) is 5.91 Å². The van der Waals surface area contributed by atoms with Crippen LogP contribution in [-0.2, 0) is 11.8 Å². The van der Waals surface area contributed by atoms with E-state index in [1.165, 1.54) is 0 Å². The summed E-state index contributed by atoms with van der Waals surface area (Å²) < 4.78 is 12.8. The third-order valence-electron chi connectivity index (χ3n) is 3.64. The van der Waals surface area contributed by atoms with Crippen molar-refractivity contribution in [2.75, 3.05) is 12.4 Å². The topological polar surface area (TPSA) is 65.4 Å². The van der Waals surface area contributed by atoms with E-state index in [1.54, 1.807) is 18.8 Å². The van der Waals surface area contributed by atoms with E-state index in [2.05, 4.69) is 10.4 Å². The van der Waals surface area contributed by atoms with Gasteiger partial charge in [-0.2, -0.15) is 5.10 Å². The molecule has 0 fully saturated rings. The number of ether oxygens (including phenoxy) is 2. The summed E-state index contributed by atoms with van der Waals surface area (Å²) in [5.74, 6) is 1.01. The molecule has 0 unspecified atom stereocenters. The Hall–Kier alpha value is -2.50. The first-order valence-corrected chi connectivity index (χ1v) is 7.58. The highest BCUT2D eigenvalue weighted by Gasteiger charge is 2.23. The first-order chi connectivity index (χ1) is 11.0. The molecule has 23 heavy (non-hydrogen) atoms. The van der Waals surface area contributed by atoms with Crippen molar-refractivity contribution in [2.45, 2.75) is 33.3 Å². The summed E-state index contributed by atoms with van der Waals surface area (Å²) in [6.07, 6.45) is -0.0256. The Morgan fingerprint density at radius 3 is 2.65 bits per heavy atom. The fraction of sp³-hybridized carbons (Fsp3) is 0.412. The molecule has 1 N–H and O–H groups in total. The van der Waals surface area contributed by atoms with E-state index in [4.69, 9.17) is 9.47 Å². The van der Waals surface area contributed by atoms with Crippen molar-refractivity contribution in [3.8, 4) is 11.6 Å². The minimum Gasteiger partial charge on any atom is -0.480 e. The summed E-state index contributed by atoms with van der Waals surface area (Å²) in [6.45, 7) is 5.69. The van der Waals surface area contributed by atoms with Gasteiger partial charge in [0.25, 0.3) is 5.91 Å². The van der Waals surface area contributed by atoms with E-state index in [0.717, 1.165) is 5.56 Å². The van der Waals surface area contributed by atoms with Crippen molar-refractivity contribution in [2.24, 2.45) is 7.05 Å². The summed E-state index contributed by atoms with van der Waals surface area (Å²) in [7, 11) is 3.32. The largest absolute Gasteiger partial charge is 0.480 e. The molecule has 124 valence electrons. The molecule has 6 nitrogen and oxygen atoms in total. The van der Waals surface area contributed by atoms with Gasteiger partial charge in [0, 0.05) is 7.05 Å². The Bertz CT molecular complexity index is 694. The maximum Gasteiger partial charge on any atom is 0.265 e. The van der Waals surface area contributed by atoms with Crippen LogP contribution in [-0.4, -0.2) is 28.9 Å². The fourth-order valence-electron chi connectivity index (χ4n) is 2.38. The van der Waals surface area contributed by atoms with Gasteiger partial charge in [0.15, 0.2) is 6.10 Å². The lowest BCUT2D eigenvalue weighted by molar-refractivity contribution is -0.122. The van der Waals surface area contributed by atoms with E-state index in [0.29, 0.717) is 29.4 Å². The van der Waals surface area contributed by atoms with Crippen LogP contribution in [0.4, 0.5) is 5.69 Å². The molecule has 2 rings (SSSR count). The van der Waals surface area contributed by atoms with Gasteiger partial charge in [0.1, 0.15) is 11.4 Å². The van der Waals surface area contributed by atoms with Crippen LogP contribution >= 0.6 is 0 Å². The van der Waals surface area contributed by atoms with Gasteiger partial charge < -0.3 is 14.8 Å². The van der Waals surface area contributed by atoms with Crippen LogP contribution in [0.25, 0.3) is 0 Å². The van der Waals surface area contributed by atoms with Gasteiger partial charge in [-0.1, -0.05) is 25.1 Å². The standard InChI is InChI=1S/C17H23N3O3/c1-6-13(23-14-10-8-7-9-11(14)2)16(21)18-15-12(3)19-20(4)17(15)22-5/h7-10,13H,6H2,1-5H3,(H,18,21)/t13-/m1/s1. The SMILES string of the molecule is CC[C@@H](Oc1ccccc1C)C(=O)Nc1c(C)nn(C)c1OC. The van der Waals surface area contributed by atoms with E-state index >= 15 is 0 Å². The molecule has 0 aliphatic carbocycles. The maximum atomic E-state index is 12.6. The lowest BCUT2D eigenvalue weighted by atomic mass is 10.2. The van der Waals surface area contributed by atoms with Crippen LogP contribution in [0.1, 0.15) is 24.6 Å². The second-order valence-electron chi connectivity index (χ2n) is 5.36.